The Morgan fingerprint density at radius 2 is 2.08 bits per heavy atom. The lowest BCUT2D eigenvalue weighted by molar-refractivity contribution is -0.111. The van der Waals surface area contributed by atoms with Crippen molar-refractivity contribution in [2.45, 2.75) is 50.6 Å². The van der Waals surface area contributed by atoms with Crippen LogP contribution in [0.1, 0.15) is 47.3 Å². The van der Waals surface area contributed by atoms with Crippen LogP contribution in [0.5, 0.6) is 0 Å². The van der Waals surface area contributed by atoms with Gasteiger partial charge in [-0.15, -0.1) is 0 Å². The maximum absolute atomic E-state index is 14.4. The molecule has 1 fully saturated rings. The van der Waals surface area contributed by atoms with E-state index in [-0.39, 0.29) is 17.8 Å². The molecule has 3 N–H and O–H groups in total. The van der Waals surface area contributed by atoms with E-state index in [1.54, 1.807) is 30.5 Å². The fourth-order valence-corrected chi connectivity index (χ4v) is 5.30. The highest BCUT2D eigenvalue weighted by Gasteiger charge is 2.37. The zero-order valence-corrected chi connectivity index (χ0v) is 20.1. The number of nitrogens with zero attached hydrogens (tertiary/aromatic N) is 2. The number of halogens is 1. The zero-order valence-electron chi connectivity index (χ0n) is 20.1. The Labute approximate surface area is 208 Å². The van der Waals surface area contributed by atoms with Crippen LogP contribution in [0.25, 0.3) is 22.2 Å². The molecule has 2 heterocycles. The van der Waals surface area contributed by atoms with Gasteiger partial charge in [-0.2, -0.15) is 5.10 Å². The number of hydrogen-bond donors (Lipinski definition) is 3. The van der Waals surface area contributed by atoms with Crippen molar-refractivity contribution in [3.05, 3.63) is 83.4 Å². The normalized spacial score (nSPS) is 19.7. The van der Waals surface area contributed by atoms with Gasteiger partial charge in [0.1, 0.15) is 11.5 Å². The molecule has 7 nitrogen and oxygen atoms in total. The molecule has 0 aliphatic heterocycles. The summed E-state index contributed by atoms with van der Waals surface area (Å²) in [4.78, 5) is 29.0. The van der Waals surface area contributed by atoms with E-state index in [0.29, 0.717) is 30.4 Å². The van der Waals surface area contributed by atoms with Crippen molar-refractivity contribution in [2.24, 2.45) is 0 Å². The third-order valence-corrected chi connectivity index (χ3v) is 7.03. The van der Waals surface area contributed by atoms with Crippen LogP contribution in [-0.2, 0) is 11.2 Å². The van der Waals surface area contributed by atoms with Crippen LogP contribution >= 0.6 is 0 Å². The quantitative estimate of drug-likeness (QED) is 0.336. The number of H-pyrrole nitrogens is 1. The van der Waals surface area contributed by atoms with Gasteiger partial charge in [-0.05, 0) is 81.0 Å². The highest BCUT2D eigenvalue weighted by molar-refractivity contribution is 6.01. The predicted molar refractivity (Wildman–Crippen MR) is 136 cm³/mol. The minimum absolute atomic E-state index is 0.146. The molecule has 1 aliphatic carbocycles. The molecule has 0 spiro atoms. The lowest BCUT2D eigenvalue weighted by Gasteiger charge is -2.41. The summed E-state index contributed by atoms with van der Waals surface area (Å²) in [6.45, 7) is 1.92. The van der Waals surface area contributed by atoms with E-state index in [4.69, 9.17) is 0 Å². The number of benzene rings is 2. The predicted octanol–water partition coefficient (Wildman–Crippen LogP) is 4.47. The second kappa shape index (κ2) is 9.89. The van der Waals surface area contributed by atoms with Gasteiger partial charge < -0.3 is 10.6 Å². The minimum atomic E-state index is -0.610. The molecule has 0 saturated heterocycles. The lowest BCUT2D eigenvalue weighted by atomic mass is 9.75. The molecule has 1 aliphatic rings. The van der Waals surface area contributed by atoms with Gasteiger partial charge in [0.15, 0.2) is 0 Å². The monoisotopic (exact) mass is 485 g/mol. The van der Waals surface area contributed by atoms with Crippen LogP contribution < -0.4 is 10.6 Å². The van der Waals surface area contributed by atoms with Crippen LogP contribution in [0.4, 0.5) is 4.39 Å². The molecular weight excluding hydrogens is 457 g/mol. The molecule has 5 rings (SSSR count). The Hall–Kier alpha value is -4.07. The number of rotatable bonds is 7. The SMILES string of the molecule is Cc1cc(-c2n[nH]c3ccc(C(=O)NC4CCCC(Cc5ccccc5F)(NC=O)C4)cc23)ccn1. The number of nitrogens with one attached hydrogen (secondary N) is 3. The summed E-state index contributed by atoms with van der Waals surface area (Å²) in [5, 5.41) is 14.4. The molecule has 2 atom stereocenters. The van der Waals surface area contributed by atoms with E-state index in [1.165, 1.54) is 6.07 Å². The molecule has 36 heavy (non-hydrogen) atoms. The summed E-state index contributed by atoms with van der Waals surface area (Å²) in [5.41, 5.74) is 3.90. The van der Waals surface area contributed by atoms with Crippen molar-refractivity contribution >= 4 is 23.2 Å². The molecule has 2 amide bonds. The third kappa shape index (κ3) is 4.84. The highest BCUT2D eigenvalue weighted by atomic mass is 19.1. The van der Waals surface area contributed by atoms with Crippen molar-refractivity contribution in [3.8, 4) is 11.3 Å². The molecule has 184 valence electrons. The van der Waals surface area contributed by atoms with Gasteiger partial charge in [0, 0.05) is 40.0 Å². The Morgan fingerprint density at radius 3 is 2.89 bits per heavy atom. The number of amides is 2. The van der Waals surface area contributed by atoms with Crippen LogP contribution in [0.2, 0.25) is 0 Å². The van der Waals surface area contributed by atoms with Crippen molar-refractivity contribution in [1.82, 2.24) is 25.8 Å². The first-order valence-electron chi connectivity index (χ1n) is 12.1. The Morgan fingerprint density at radius 1 is 1.22 bits per heavy atom. The molecule has 2 unspecified atom stereocenters. The summed E-state index contributed by atoms with van der Waals surface area (Å²) in [7, 11) is 0. The largest absolute Gasteiger partial charge is 0.353 e. The fourth-order valence-electron chi connectivity index (χ4n) is 5.30. The number of carbonyl (C=O) groups excluding carboxylic acids is 2. The molecule has 0 bridgehead atoms. The van der Waals surface area contributed by atoms with E-state index < -0.39 is 5.54 Å². The summed E-state index contributed by atoms with van der Waals surface area (Å²) in [6.07, 6.45) is 5.66. The Balaban J connectivity index is 1.36. The molecule has 4 aromatic rings. The van der Waals surface area contributed by atoms with Crippen molar-refractivity contribution in [1.29, 1.82) is 0 Å². The Bertz CT molecular complexity index is 1420. The van der Waals surface area contributed by atoms with Gasteiger partial charge >= 0.3 is 0 Å². The van der Waals surface area contributed by atoms with Crippen molar-refractivity contribution in [2.75, 3.05) is 0 Å². The minimum Gasteiger partial charge on any atom is -0.353 e. The number of pyridine rings is 1. The molecule has 8 heteroatoms. The fraction of sp³-hybridized carbons (Fsp3) is 0.286. The maximum Gasteiger partial charge on any atom is 0.251 e. The topological polar surface area (TPSA) is 99.8 Å². The number of carbonyl (C=O) groups is 2. The number of aryl methyl sites for hydroxylation is 1. The number of fused-ring (bicyclic) bond motifs is 1. The molecule has 1 saturated carbocycles. The molecule has 2 aromatic carbocycles. The van der Waals surface area contributed by atoms with Gasteiger partial charge in [-0.3, -0.25) is 19.7 Å². The number of hydrogen-bond acceptors (Lipinski definition) is 4. The van der Waals surface area contributed by atoms with Gasteiger partial charge in [-0.25, -0.2) is 4.39 Å². The summed E-state index contributed by atoms with van der Waals surface area (Å²) >= 11 is 0. The van der Waals surface area contributed by atoms with Crippen LogP contribution in [0.15, 0.2) is 60.8 Å². The average molecular weight is 486 g/mol. The van der Waals surface area contributed by atoms with Gasteiger partial charge in [0.2, 0.25) is 6.41 Å². The summed E-state index contributed by atoms with van der Waals surface area (Å²) in [6, 6.07) is 15.8. The standard InChI is InChI=1S/C28H28FN5O2/c1-18-13-19(10-12-30-18)26-23-14-20(8-9-25(23)33-34-26)27(36)32-22-6-4-11-28(16-22,31-17-35)15-21-5-2-3-7-24(21)29/h2-3,5,7-10,12-14,17,22H,4,6,11,15-16H2,1H3,(H,31,35)(H,32,36)(H,33,34). The van der Waals surface area contributed by atoms with Crippen molar-refractivity contribution in [3.63, 3.8) is 0 Å². The zero-order chi connectivity index (χ0) is 25.1. The molecular formula is C28H28FN5O2. The van der Waals surface area contributed by atoms with E-state index in [2.05, 4.69) is 25.8 Å². The second-order valence-electron chi connectivity index (χ2n) is 9.60. The van der Waals surface area contributed by atoms with Gasteiger partial charge in [-0.1, -0.05) is 18.2 Å². The molecule has 0 radical (unpaired) electrons. The first-order valence-corrected chi connectivity index (χ1v) is 12.1. The van der Waals surface area contributed by atoms with Gasteiger partial charge in [0.05, 0.1) is 5.52 Å². The van der Waals surface area contributed by atoms with E-state index in [1.807, 2.05) is 31.2 Å². The van der Waals surface area contributed by atoms with Gasteiger partial charge in [0.25, 0.3) is 5.91 Å². The third-order valence-electron chi connectivity index (χ3n) is 7.03. The first-order chi connectivity index (χ1) is 17.5. The average Bonchev–Trinajstić information content (AvgIpc) is 3.29. The highest BCUT2D eigenvalue weighted by Crippen LogP contribution is 2.33. The van der Waals surface area contributed by atoms with Crippen LogP contribution in [0, 0.1) is 12.7 Å². The van der Waals surface area contributed by atoms with Crippen molar-refractivity contribution < 1.29 is 14.0 Å². The second-order valence-corrected chi connectivity index (χ2v) is 9.60. The lowest BCUT2D eigenvalue weighted by Crippen LogP contribution is -2.54. The summed E-state index contributed by atoms with van der Waals surface area (Å²) in [5.74, 6) is -0.475. The Kier molecular flexibility index (Phi) is 6.50. The van der Waals surface area contributed by atoms with E-state index in [9.17, 15) is 14.0 Å². The van der Waals surface area contributed by atoms with Crippen LogP contribution in [0.3, 0.4) is 0 Å². The smallest absolute Gasteiger partial charge is 0.251 e. The molecule has 2 aromatic heterocycles. The summed E-state index contributed by atoms with van der Waals surface area (Å²) < 4.78 is 14.4. The van der Waals surface area contributed by atoms with E-state index in [0.717, 1.165) is 47.1 Å². The number of aromatic amines is 1. The first kappa shape index (κ1) is 23.7. The maximum atomic E-state index is 14.4. The van der Waals surface area contributed by atoms with Crippen LogP contribution in [-0.4, -0.2) is 39.1 Å². The number of aromatic nitrogens is 3. The van der Waals surface area contributed by atoms with E-state index >= 15 is 0 Å².